The van der Waals surface area contributed by atoms with Crippen LogP contribution in [0.1, 0.15) is 27.7 Å². The predicted molar refractivity (Wildman–Crippen MR) is 59.7 cm³/mol. The Hall–Kier alpha value is -0.610. The van der Waals surface area contributed by atoms with Crippen LogP contribution in [-0.4, -0.2) is 48.7 Å². The molecule has 0 aromatic rings. The van der Waals surface area contributed by atoms with Gasteiger partial charge in [-0.15, -0.1) is 0 Å². The number of carbonyl (C=O) groups is 1. The minimum Gasteiger partial charge on any atom is -0.377 e. The molecule has 1 fully saturated rings. The quantitative estimate of drug-likeness (QED) is 0.733. The zero-order valence-corrected chi connectivity index (χ0v) is 10.2. The van der Waals surface area contributed by atoms with E-state index in [1.165, 1.54) is 0 Å². The van der Waals surface area contributed by atoms with E-state index >= 15 is 0 Å². The van der Waals surface area contributed by atoms with Crippen LogP contribution in [0.5, 0.6) is 0 Å². The number of hydrogen-bond acceptors (Lipinski definition) is 3. The van der Waals surface area contributed by atoms with Crippen LogP contribution in [0.15, 0.2) is 0 Å². The minimum atomic E-state index is 0.0832. The van der Waals surface area contributed by atoms with Gasteiger partial charge < -0.3 is 15.0 Å². The largest absolute Gasteiger partial charge is 0.377 e. The van der Waals surface area contributed by atoms with Crippen LogP contribution in [0.25, 0.3) is 0 Å². The van der Waals surface area contributed by atoms with Crippen molar-refractivity contribution in [2.24, 2.45) is 0 Å². The number of nitrogens with zero attached hydrogens (tertiary/aromatic N) is 1. The zero-order valence-electron chi connectivity index (χ0n) is 10.2. The smallest absolute Gasteiger partial charge is 0.219 e. The average Bonchev–Trinajstić information content (AvgIpc) is 2.14. The molecular formula is C11H22N2O2. The van der Waals surface area contributed by atoms with Crippen molar-refractivity contribution in [3.63, 3.8) is 0 Å². The second-order valence-electron chi connectivity index (χ2n) is 5.07. The number of hydrogen-bond donors (Lipinski definition) is 1. The van der Waals surface area contributed by atoms with E-state index in [0.29, 0.717) is 19.8 Å². The summed E-state index contributed by atoms with van der Waals surface area (Å²) in [5.41, 5.74) is 0.0832. The van der Waals surface area contributed by atoms with Gasteiger partial charge in [0.05, 0.1) is 19.3 Å². The lowest BCUT2D eigenvalue weighted by Crippen LogP contribution is -2.54. The first-order chi connectivity index (χ1) is 6.90. The van der Waals surface area contributed by atoms with Gasteiger partial charge >= 0.3 is 0 Å². The van der Waals surface area contributed by atoms with Crippen LogP contribution < -0.4 is 5.32 Å². The van der Waals surface area contributed by atoms with E-state index in [1.54, 1.807) is 6.92 Å². The topological polar surface area (TPSA) is 41.6 Å². The van der Waals surface area contributed by atoms with Crippen LogP contribution in [0.3, 0.4) is 0 Å². The summed E-state index contributed by atoms with van der Waals surface area (Å²) in [5.74, 6) is 0.138. The number of nitrogens with one attached hydrogen (secondary N) is 1. The maximum atomic E-state index is 11.4. The number of rotatable bonds is 2. The van der Waals surface area contributed by atoms with Crippen LogP contribution in [-0.2, 0) is 9.53 Å². The SMILES string of the molecule is CC(=O)N1CCOC[C@H]1CNC(C)(C)C. The Morgan fingerprint density at radius 2 is 2.20 bits per heavy atom. The van der Waals surface area contributed by atoms with Crippen molar-refractivity contribution in [3.8, 4) is 0 Å². The molecule has 15 heavy (non-hydrogen) atoms. The lowest BCUT2D eigenvalue weighted by atomic mass is 10.1. The van der Waals surface area contributed by atoms with Crippen molar-refractivity contribution in [1.29, 1.82) is 0 Å². The summed E-state index contributed by atoms with van der Waals surface area (Å²) in [4.78, 5) is 13.3. The highest BCUT2D eigenvalue weighted by molar-refractivity contribution is 5.73. The maximum Gasteiger partial charge on any atom is 0.219 e. The molecule has 1 amide bonds. The van der Waals surface area contributed by atoms with Crippen molar-refractivity contribution in [2.75, 3.05) is 26.3 Å². The summed E-state index contributed by atoms with van der Waals surface area (Å²) in [6.07, 6.45) is 0. The standard InChI is InChI=1S/C11H22N2O2/c1-9(14)13-5-6-15-8-10(13)7-12-11(2,3)4/h10,12H,5-8H2,1-4H3/t10-/m1/s1. The third-order valence-corrected chi connectivity index (χ3v) is 2.50. The third kappa shape index (κ3) is 4.18. The monoisotopic (exact) mass is 214 g/mol. The molecule has 1 saturated heterocycles. The summed E-state index contributed by atoms with van der Waals surface area (Å²) >= 11 is 0. The lowest BCUT2D eigenvalue weighted by Gasteiger charge is -2.36. The lowest BCUT2D eigenvalue weighted by molar-refractivity contribution is -0.137. The number of morpholine rings is 1. The van der Waals surface area contributed by atoms with Crippen molar-refractivity contribution in [2.45, 2.75) is 39.3 Å². The molecular weight excluding hydrogens is 192 g/mol. The Kier molecular flexibility index (Phi) is 4.11. The Labute approximate surface area is 92.0 Å². The van der Waals surface area contributed by atoms with Gasteiger partial charge in [0.15, 0.2) is 0 Å². The van der Waals surface area contributed by atoms with Gasteiger partial charge in [-0.2, -0.15) is 0 Å². The predicted octanol–water partition coefficient (Wildman–Crippen LogP) is 0.622. The third-order valence-electron chi connectivity index (χ3n) is 2.50. The fraction of sp³-hybridized carbons (Fsp3) is 0.909. The molecule has 1 heterocycles. The van der Waals surface area contributed by atoms with Crippen molar-refractivity contribution >= 4 is 5.91 Å². The Morgan fingerprint density at radius 3 is 2.73 bits per heavy atom. The molecule has 0 aromatic heterocycles. The normalized spacial score (nSPS) is 22.9. The first-order valence-corrected chi connectivity index (χ1v) is 5.50. The van der Waals surface area contributed by atoms with E-state index in [4.69, 9.17) is 4.74 Å². The van der Waals surface area contributed by atoms with Crippen molar-refractivity contribution in [1.82, 2.24) is 10.2 Å². The molecule has 0 aliphatic carbocycles. The number of ether oxygens (including phenoxy) is 1. The van der Waals surface area contributed by atoms with Gasteiger partial charge in [0.2, 0.25) is 5.91 Å². The highest BCUT2D eigenvalue weighted by atomic mass is 16.5. The molecule has 4 nitrogen and oxygen atoms in total. The van der Waals surface area contributed by atoms with Gasteiger partial charge in [-0.1, -0.05) is 0 Å². The summed E-state index contributed by atoms with van der Waals surface area (Å²) in [6, 6.07) is 0.176. The summed E-state index contributed by atoms with van der Waals surface area (Å²) in [5, 5.41) is 3.40. The van der Waals surface area contributed by atoms with Crippen LogP contribution >= 0.6 is 0 Å². The Balaban J connectivity index is 2.46. The van der Waals surface area contributed by atoms with Crippen molar-refractivity contribution in [3.05, 3.63) is 0 Å². The molecule has 4 heteroatoms. The fourth-order valence-electron chi connectivity index (χ4n) is 1.66. The van der Waals surface area contributed by atoms with Crippen LogP contribution in [0, 0.1) is 0 Å². The molecule has 88 valence electrons. The summed E-state index contributed by atoms with van der Waals surface area (Å²) < 4.78 is 5.39. The molecule has 0 saturated carbocycles. The van der Waals surface area contributed by atoms with Gasteiger partial charge in [0.1, 0.15) is 0 Å². The molecule has 1 N–H and O–H groups in total. The molecule has 1 atom stereocenters. The van der Waals surface area contributed by atoms with Crippen LogP contribution in [0.4, 0.5) is 0 Å². The van der Waals surface area contributed by atoms with E-state index in [9.17, 15) is 4.79 Å². The highest BCUT2D eigenvalue weighted by Crippen LogP contribution is 2.08. The molecule has 1 rings (SSSR count). The minimum absolute atomic E-state index is 0.0832. The number of amides is 1. The van der Waals surface area contributed by atoms with E-state index in [1.807, 2.05) is 4.90 Å². The second kappa shape index (κ2) is 4.94. The molecule has 0 radical (unpaired) electrons. The molecule has 1 aliphatic heterocycles. The molecule has 0 spiro atoms. The second-order valence-corrected chi connectivity index (χ2v) is 5.07. The van der Waals surface area contributed by atoms with Crippen LogP contribution in [0.2, 0.25) is 0 Å². The van der Waals surface area contributed by atoms with Gasteiger partial charge in [-0.05, 0) is 20.8 Å². The van der Waals surface area contributed by atoms with E-state index < -0.39 is 0 Å². The average molecular weight is 214 g/mol. The van der Waals surface area contributed by atoms with E-state index in [-0.39, 0.29) is 17.5 Å². The van der Waals surface area contributed by atoms with Gasteiger partial charge in [-0.3, -0.25) is 4.79 Å². The molecule has 0 unspecified atom stereocenters. The van der Waals surface area contributed by atoms with E-state index in [0.717, 1.165) is 6.54 Å². The zero-order chi connectivity index (χ0) is 11.5. The molecule has 0 bridgehead atoms. The first kappa shape index (κ1) is 12.5. The number of carbonyl (C=O) groups excluding carboxylic acids is 1. The van der Waals surface area contributed by atoms with Gasteiger partial charge in [0.25, 0.3) is 0 Å². The van der Waals surface area contributed by atoms with Gasteiger partial charge in [-0.25, -0.2) is 0 Å². The fourth-order valence-corrected chi connectivity index (χ4v) is 1.66. The Bertz CT molecular complexity index is 223. The highest BCUT2D eigenvalue weighted by Gasteiger charge is 2.25. The summed E-state index contributed by atoms with van der Waals surface area (Å²) in [6.45, 7) is 10.8. The van der Waals surface area contributed by atoms with Gasteiger partial charge in [0, 0.05) is 25.6 Å². The maximum absolute atomic E-state index is 11.4. The summed E-state index contributed by atoms with van der Waals surface area (Å²) in [7, 11) is 0. The molecule has 1 aliphatic rings. The first-order valence-electron chi connectivity index (χ1n) is 5.50. The Morgan fingerprint density at radius 1 is 1.53 bits per heavy atom. The van der Waals surface area contributed by atoms with E-state index in [2.05, 4.69) is 26.1 Å². The van der Waals surface area contributed by atoms with Crippen molar-refractivity contribution < 1.29 is 9.53 Å². The molecule has 0 aromatic carbocycles.